The van der Waals surface area contributed by atoms with Gasteiger partial charge in [-0.05, 0) is 39.5 Å². The molecular weight excluding hydrogens is 212 g/mol. The SMILES string of the molecule is COc1ccccc1C(N(C)C)C1(CN)CC1. The molecule has 17 heavy (non-hydrogen) atoms. The van der Waals surface area contributed by atoms with Crippen molar-refractivity contribution in [2.24, 2.45) is 11.1 Å². The van der Waals surface area contributed by atoms with E-state index in [9.17, 15) is 0 Å². The zero-order valence-electron chi connectivity index (χ0n) is 10.9. The van der Waals surface area contributed by atoms with E-state index in [0.717, 1.165) is 12.3 Å². The topological polar surface area (TPSA) is 38.5 Å². The molecule has 2 rings (SSSR count). The van der Waals surface area contributed by atoms with Gasteiger partial charge in [-0.1, -0.05) is 18.2 Å². The summed E-state index contributed by atoms with van der Waals surface area (Å²) in [6.07, 6.45) is 2.43. The van der Waals surface area contributed by atoms with Crippen LogP contribution in [0.5, 0.6) is 5.75 Å². The van der Waals surface area contributed by atoms with Crippen LogP contribution < -0.4 is 10.5 Å². The summed E-state index contributed by atoms with van der Waals surface area (Å²) in [5, 5.41) is 0. The Labute approximate surface area is 104 Å². The predicted molar refractivity (Wildman–Crippen MR) is 70.1 cm³/mol. The fourth-order valence-corrected chi connectivity index (χ4v) is 2.80. The van der Waals surface area contributed by atoms with Crippen LogP contribution in [-0.4, -0.2) is 32.6 Å². The van der Waals surface area contributed by atoms with Crippen LogP contribution >= 0.6 is 0 Å². The highest BCUT2D eigenvalue weighted by Gasteiger charge is 2.50. The average molecular weight is 234 g/mol. The normalized spacial score (nSPS) is 19.1. The molecule has 1 atom stereocenters. The Hall–Kier alpha value is -1.06. The first-order valence-corrected chi connectivity index (χ1v) is 6.14. The summed E-state index contributed by atoms with van der Waals surface area (Å²) in [7, 11) is 5.97. The first-order valence-electron chi connectivity index (χ1n) is 6.14. The van der Waals surface area contributed by atoms with Crippen molar-refractivity contribution in [3.8, 4) is 5.75 Å². The number of nitrogens with two attached hydrogens (primary N) is 1. The van der Waals surface area contributed by atoms with Gasteiger partial charge in [0.1, 0.15) is 5.75 Å². The molecule has 2 N–H and O–H groups in total. The molecule has 0 spiro atoms. The van der Waals surface area contributed by atoms with Crippen LogP contribution in [0, 0.1) is 5.41 Å². The van der Waals surface area contributed by atoms with E-state index in [0.29, 0.717) is 6.04 Å². The lowest BCUT2D eigenvalue weighted by Crippen LogP contribution is -2.33. The Bertz CT molecular complexity index is 386. The smallest absolute Gasteiger partial charge is 0.123 e. The second-order valence-electron chi connectivity index (χ2n) is 5.17. The molecule has 94 valence electrons. The first-order chi connectivity index (χ1) is 8.14. The number of ether oxygens (including phenoxy) is 1. The van der Waals surface area contributed by atoms with E-state index in [-0.39, 0.29) is 5.41 Å². The molecule has 0 bridgehead atoms. The Kier molecular flexibility index (Phi) is 3.40. The number of hydrogen-bond acceptors (Lipinski definition) is 3. The van der Waals surface area contributed by atoms with Crippen molar-refractivity contribution < 1.29 is 4.74 Å². The Morgan fingerprint density at radius 1 is 1.35 bits per heavy atom. The highest BCUT2D eigenvalue weighted by Crippen LogP contribution is 2.57. The van der Waals surface area contributed by atoms with E-state index in [2.05, 4.69) is 31.1 Å². The third kappa shape index (κ3) is 2.17. The number of rotatable bonds is 5. The highest BCUT2D eigenvalue weighted by atomic mass is 16.5. The maximum absolute atomic E-state index is 5.97. The van der Waals surface area contributed by atoms with Gasteiger partial charge >= 0.3 is 0 Å². The summed E-state index contributed by atoms with van der Waals surface area (Å²) in [5.41, 5.74) is 7.47. The molecule has 0 radical (unpaired) electrons. The Morgan fingerprint density at radius 3 is 2.47 bits per heavy atom. The van der Waals surface area contributed by atoms with Crippen molar-refractivity contribution in [2.75, 3.05) is 27.7 Å². The molecule has 1 aliphatic rings. The molecule has 3 heteroatoms. The maximum Gasteiger partial charge on any atom is 0.123 e. The van der Waals surface area contributed by atoms with E-state index >= 15 is 0 Å². The summed E-state index contributed by atoms with van der Waals surface area (Å²) in [5.74, 6) is 0.964. The minimum absolute atomic E-state index is 0.248. The monoisotopic (exact) mass is 234 g/mol. The van der Waals surface area contributed by atoms with Crippen LogP contribution in [0.2, 0.25) is 0 Å². The van der Waals surface area contributed by atoms with Crippen LogP contribution in [0.15, 0.2) is 24.3 Å². The first kappa shape index (κ1) is 12.4. The van der Waals surface area contributed by atoms with Crippen molar-refractivity contribution in [1.82, 2.24) is 4.90 Å². The van der Waals surface area contributed by atoms with E-state index in [1.54, 1.807) is 7.11 Å². The summed E-state index contributed by atoms with van der Waals surface area (Å²) < 4.78 is 5.48. The van der Waals surface area contributed by atoms with Gasteiger partial charge in [0.05, 0.1) is 7.11 Å². The Balaban J connectivity index is 2.40. The summed E-state index contributed by atoms with van der Waals surface area (Å²) in [6, 6.07) is 8.61. The predicted octanol–water partition coefficient (Wildman–Crippen LogP) is 2.04. The number of benzene rings is 1. The van der Waals surface area contributed by atoms with Crippen molar-refractivity contribution in [3.63, 3.8) is 0 Å². The zero-order chi connectivity index (χ0) is 12.5. The van der Waals surface area contributed by atoms with Gasteiger partial charge in [0.15, 0.2) is 0 Å². The van der Waals surface area contributed by atoms with Crippen molar-refractivity contribution in [3.05, 3.63) is 29.8 Å². The van der Waals surface area contributed by atoms with Gasteiger partial charge in [0, 0.05) is 17.0 Å². The third-order valence-electron chi connectivity index (χ3n) is 3.83. The molecular formula is C14H22N2O. The summed E-state index contributed by atoms with van der Waals surface area (Å²) >= 11 is 0. The summed E-state index contributed by atoms with van der Waals surface area (Å²) in [4.78, 5) is 2.26. The Morgan fingerprint density at radius 2 is 2.00 bits per heavy atom. The van der Waals surface area contributed by atoms with E-state index in [4.69, 9.17) is 10.5 Å². The molecule has 0 aromatic heterocycles. The molecule has 1 aliphatic carbocycles. The lowest BCUT2D eigenvalue weighted by molar-refractivity contribution is 0.193. The van der Waals surface area contributed by atoms with Crippen molar-refractivity contribution >= 4 is 0 Å². The molecule has 1 aromatic carbocycles. The molecule has 0 heterocycles. The van der Waals surface area contributed by atoms with Gasteiger partial charge in [-0.25, -0.2) is 0 Å². The molecule has 1 saturated carbocycles. The number of para-hydroxylation sites is 1. The fraction of sp³-hybridized carbons (Fsp3) is 0.571. The van der Waals surface area contributed by atoms with E-state index in [1.807, 2.05) is 12.1 Å². The van der Waals surface area contributed by atoms with Gasteiger partial charge in [-0.3, -0.25) is 0 Å². The minimum atomic E-state index is 0.248. The average Bonchev–Trinajstić information content (AvgIpc) is 3.10. The van der Waals surface area contributed by atoms with E-state index < -0.39 is 0 Å². The van der Waals surface area contributed by atoms with Gasteiger partial charge in [0.25, 0.3) is 0 Å². The van der Waals surface area contributed by atoms with Crippen LogP contribution in [0.25, 0.3) is 0 Å². The standard InChI is InChI=1S/C14H22N2O/c1-16(2)13(14(10-15)8-9-14)11-6-4-5-7-12(11)17-3/h4-7,13H,8-10,15H2,1-3H3. The van der Waals surface area contributed by atoms with Crippen LogP contribution in [-0.2, 0) is 0 Å². The minimum Gasteiger partial charge on any atom is -0.496 e. The second kappa shape index (κ2) is 4.67. The quantitative estimate of drug-likeness (QED) is 0.847. The third-order valence-corrected chi connectivity index (χ3v) is 3.83. The highest BCUT2D eigenvalue weighted by molar-refractivity contribution is 5.38. The molecule has 0 saturated heterocycles. The number of hydrogen-bond donors (Lipinski definition) is 1. The van der Waals surface area contributed by atoms with Gasteiger partial charge < -0.3 is 15.4 Å². The van der Waals surface area contributed by atoms with Crippen LogP contribution in [0.1, 0.15) is 24.4 Å². The van der Waals surface area contributed by atoms with Crippen molar-refractivity contribution in [2.45, 2.75) is 18.9 Å². The fourth-order valence-electron chi connectivity index (χ4n) is 2.80. The molecule has 0 amide bonds. The zero-order valence-corrected chi connectivity index (χ0v) is 10.9. The molecule has 0 aliphatic heterocycles. The van der Waals surface area contributed by atoms with Crippen molar-refractivity contribution in [1.29, 1.82) is 0 Å². The molecule has 1 aromatic rings. The summed E-state index contributed by atoms with van der Waals surface area (Å²) in [6.45, 7) is 0.744. The van der Waals surface area contributed by atoms with Gasteiger partial charge in [0.2, 0.25) is 0 Å². The lowest BCUT2D eigenvalue weighted by Gasteiger charge is -2.33. The molecule has 1 unspecified atom stereocenters. The second-order valence-corrected chi connectivity index (χ2v) is 5.17. The number of methoxy groups -OCH3 is 1. The van der Waals surface area contributed by atoms with Crippen LogP contribution in [0.4, 0.5) is 0 Å². The lowest BCUT2D eigenvalue weighted by atomic mass is 9.88. The van der Waals surface area contributed by atoms with Crippen LogP contribution in [0.3, 0.4) is 0 Å². The number of nitrogens with zero attached hydrogens (tertiary/aromatic N) is 1. The largest absolute Gasteiger partial charge is 0.496 e. The molecule has 1 fully saturated rings. The van der Waals surface area contributed by atoms with E-state index in [1.165, 1.54) is 18.4 Å². The van der Waals surface area contributed by atoms with Gasteiger partial charge in [-0.15, -0.1) is 0 Å². The van der Waals surface area contributed by atoms with Gasteiger partial charge in [-0.2, -0.15) is 0 Å². The molecule has 3 nitrogen and oxygen atoms in total. The maximum atomic E-state index is 5.97.